The van der Waals surface area contributed by atoms with E-state index < -0.39 is 5.91 Å². The van der Waals surface area contributed by atoms with E-state index in [1.54, 1.807) is 27.7 Å². The highest BCUT2D eigenvalue weighted by Crippen LogP contribution is 2.22. The van der Waals surface area contributed by atoms with Gasteiger partial charge >= 0.3 is 0 Å². The third-order valence-electron chi connectivity index (χ3n) is 4.17. The third-order valence-corrected chi connectivity index (χ3v) is 4.17. The van der Waals surface area contributed by atoms with E-state index in [0.29, 0.717) is 18.1 Å². The molecule has 0 atom stereocenters. The van der Waals surface area contributed by atoms with Gasteiger partial charge in [-0.15, -0.1) is 5.10 Å². The number of anilines is 3. The lowest BCUT2D eigenvalue weighted by Gasteiger charge is -2.20. The van der Waals surface area contributed by atoms with Gasteiger partial charge in [0.15, 0.2) is 5.82 Å². The molecule has 0 spiro atoms. The molecule has 9 heteroatoms. The Balaban J connectivity index is 1.53. The SMILES string of the molecule is Cc1cc(Nc2nc3n(n2)C=CN(c2cnn(C)c2)C3)ccc1C(N)=O. The lowest BCUT2D eigenvalue weighted by Crippen LogP contribution is -2.21. The van der Waals surface area contributed by atoms with Crippen LogP contribution in [0.4, 0.5) is 17.3 Å². The van der Waals surface area contributed by atoms with E-state index in [1.807, 2.05) is 43.5 Å². The molecule has 1 aliphatic rings. The normalized spacial score (nSPS) is 12.9. The number of nitrogens with zero attached hydrogens (tertiary/aromatic N) is 6. The van der Waals surface area contributed by atoms with Crippen molar-refractivity contribution in [2.45, 2.75) is 13.5 Å². The van der Waals surface area contributed by atoms with E-state index in [1.165, 1.54) is 0 Å². The van der Waals surface area contributed by atoms with Crippen molar-refractivity contribution in [2.75, 3.05) is 10.2 Å². The van der Waals surface area contributed by atoms with Gasteiger partial charge in [0.05, 0.1) is 18.4 Å². The molecule has 1 amide bonds. The molecule has 3 heterocycles. The maximum atomic E-state index is 11.3. The average Bonchev–Trinajstić information content (AvgIpc) is 3.19. The maximum absolute atomic E-state index is 11.3. The summed E-state index contributed by atoms with van der Waals surface area (Å²) in [6.07, 6.45) is 7.54. The van der Waals surface area contributed by atoms with Crippen molar-refractivity contribution in [1.82, 2.24) is 24.5 Å². The van der Waals surface area contributed by atoms with E-state index in [-0.39, 0.29) is 0 Å². The summed E-state index contributed by atoms with van der Waals surface area (Å²) >= 11 is 0. The molecule has 132 valence electrons. The molecular weight excluding hydrogens is 332 g/mol. The van der Waals surface area contributed by atoms with Crippen LogP contribution in [0.15, 0.2) is 36.8 Å². The van der Waals surface area contributed by atoms with Gasteiger partial charge in [-0.1, -0.05) is 0 Å². The lowest BCUT2D eigenvalue weighted by atomic mass is 10.1. The second-order valence-corrected chi connectivity index (χ2v) is 6.11. The van der Waals surface area contributed by atoms with Gasteiger partial charge in [0, 0.05) is 36.9 Å². The molecule has 0 unspecified atom stereocenters. The second kappa shape index (κ2) is 6.03. The predicted octanol–water partition coefficient (Wildman–Crippen LogP) is 1.61. The largest absolute Gasteiger partial charge is 0.366 e. The average molecular weight is 350 g/mol. The van der Waals surface area contributed by atoms with Gasteiger partial charge in [0.2, 0.25) is 11.9 Å². The Labute approximate surface area is 149 Å². The Kier molecular flexibility index (Phi) is 3.68. The van der Waals surface area contributed by atoms with Crippen molar-refractivity contribution < 1.29 is 4.79 Å². The van der Waals surface area contributed by atoms with Crippen molar-refractivity contribution >= 4 is 29.4 Å². The summed E-state index contributed by atoms with van der Waals surface area (Å²) in [5.41, 5.74) is 8.43. The first kappa shape index (κ1) is 15.9. The lowest BCUT2D eigenvalue weighted by molar-refractivity contribution is 0.1000. The van der Waals surface area contributed by atoms with Gasteiger partial charge in [-0.3, -0.25) is 9.48 Å². The fourth-order valence-corrected chi connectivity index (χ4v) is 2.87. The Bertz CT molecular complexity index is 1020. The molecule has 3 aromatic rings. The fourth-order valence-electron chi connectivity index (χ4n) is 2.87. The summed E-state index contributed by atoms with van der Waals surface area (Å²) in [7, 11) is 1.88. The van der Waals surface area contributed by atoms with Crippen molar-refractivity contribution in [3.8, 4) is 0 Å². The maximum Gasteiger partial charge on any atom is 0.248 e. The zero-order chi connectivity index (χ0) is 18.3. The van der Waals surface area contributed by atoms with Crippen LogP contribution in [-0.4, -0.2) is 30.5 Å². The minimum atomic E-state index is -0.440. The van der Waals surface area contributed by atoms with E-state index in [4.69, 9.17) is 5.73 Å². The Morgan fingerprint density at radius 3 is 2.85 bits per heavy atom. The van der Waals surface area contributed by atoms with E-state index in [0.717, 1.165) is 22.8 Å². The standard InChI is InChI=1S/C17H18N8O/c1-11-7-12(3-4-14(11)16(18)26)20-17-21-15-10-24(5-6-25(15)22-17)13-8-19-23(2)9-13/h3-9H,10H2,1-2H3,(H2,18,26)(H,20,22). The Hall–Kier alpha value is -3.62. The highest BCUT2D eigenvalue weighted by atomic mass is 16.1. The number of amides is 1. The molecule has 0 radical (unpaired) electrons. The van der Waals surface area contributed by atoms with Gasteiger partial charge in [-0.05, 0) is 30.7 Å². The molecule has 0 saturated heterocycles. The summed E-state index contributed by atoms with van der Waals surface area (Å²) in [4.78, 5) is 17.9. The minimum absolute atomic E-state index is 0.440. The van der Waals surface area contributed by atoms with Gasteiger partial charge in [-0.2, -0.15) is 10.1 Å². The summed E-state index contributed by atoms with van der Waals surface area (Å²) in [6.45, 7) is 2.43. The van der Waals surface area contributed by atoms with Gasteiger partial charge in [0.25, 0.3) is 0 Å². The first-order chi connectivity index (χ1) is 12.5. The number of nitrogens with two attached hydrogens (primary N) is 1. The van der Waals surface area contributed by atoms with Crippen molar-refractivity contribution in [3.63, 3.8) is 0 Å². The third kappa shape index (κ3) is 2.90. The molecule has 9 nitrogen and oxygen atoms in total. The molecule has 1 aliphatic heterocycles. The molecule has 2 aromatic heterocycles. The molecular formula is C17H18N8O. The van der Waals surface area contributed by atoms with Crippen LogP contribution in [0.3, 0.4) is 0 Å². The summed E-state index contributed by atoms with van der Waals surface area (Å²) in [5.74, 6) is 0.860. The van der Waals surface area contributed by atoms with Gasteiger partial charge in [-0.25, -0.2) is 4.68 Å². The van der Waals surface area contributed by atoms with Crippen LogP contribution in [0, 0.1) is 6.92 Å². The van der Waals surface area contributed by atoms with Crippen LogP contribution in [0.5, 0.6) is 0 Å². The minimum Gasteiger partial charge on any atom is -0.366 e. The molecule has 1 aromatic carbocycles. The van der Waals surface area contributed by atoms with Crippen LogP contribution in [0.2, 0.25) is 0 Å². The first-order valence-electron chi connectivity index (χ1n) is 8.06. The van der Waals surface area contributed by atoms with Crippen molar-refractivity contribution in [2.24, 2.45) is 12.8 Å². The van der Waals surface area contributed by atoms with Crippen LogP contribution in [-0.2, 0) is 13.6 Å². The molecule has 26 heavy (non-hydrogen) atoms. The molecule has 4 rings (SSSR count). The predicted molar refractivity (Wildman–Crippen MR) is 97.7 cm³/mol. The number of aryl methyl sites for hydroxylation is 2. The number of fused-ring (bicyclic) bond motifs is 1. The molecule has 0 aliphatic carbocycles. The quantitative estimate of drug-likeness (QED) is 0.740. The second-order valence-electron chi connectivity index (χ2n) is 6.11. The topological polar surface area (TPSA) is 107 Å². The van der Waals surface area contributed by atoms with Crippen molar-refractivity contribution in [1.29, 1.82) is 0 Å². The van der Waals surface area contributed by atoms with Crippen LogP contribution in [0.1, 0.15) is 21.7 Å². The van der Waals surface area contributed by atoms with Crippen molar-refractivity contribution in [3.05, 3.63) is 53.7 Å². The summed E-state index contributed by atoms with van der Waals surface area (Å²) in [5, 5.41) is 11.8. The molecule has 0 bridgehead atoms. The number of hydrogen-bond acceptors (Lipinski definition) is 6. The monoisotopic (exact) mass is 350 g/mol. The number of benzene rings is 1. The number of aromatic nitrogens is 5. The Morgan fingerprint density at radius 1 is 1.31 bits per heavy atom. The van der Waals surface area contributed by atoms with E-state index >= 15 is 0 Å². The summed E-state index contributed by atoms with van der Waals surface area (Å²) in [6, 6.07) is 5.32. The molecule has 3 N–H and O–H groups in total. The highest BCUT2D eigenvalue weighted by molar-refractivity contribution is 5.94. The molecule has 0 fully saturated rings. The first-order valence-corrected chi connectivity index (χ1v) is 8.06. The van der Waals surface area contributed by atoms with Crippen LogP contribution in [0.25, 0.3) is 6.20 Å². The fraction of sp³-hybridized carbons (Fsp3) is 0.176. The van der Waals surface area contributed by atoms with Gasteiger partial charge in [0.1, 0.15) is 0 Å². The number of carbonyl (C=O) groups is 1. The van der Waals surface area contributed by atoms with E-state index in [9.17, 15) is 4.79 Å². The number of carbonyl (C=O) groups excluding carboxylic acids is 1. The zero-order valence-electron chi connectivity index (χ0n) is 14.4. The summed E-state index contributed by atoms with van der Waals surface area (Å²) < 4.78 is 3.49. The van der Waals surface area contributed by atoms with Crippen LogP contribution >= 0.6 is 0 Å². The number of hydrogen-bond donors (Lipinski definition) is 2. The van der Waals surface area contributed by atoms with Gasteiger partial charge < -0.3 is 16.0 Å². The number of nitrogens with one attached hydrogen (secondary N) is 1. The van der Waals surface area contributed by atoms with E-state index in [2.05, 4.69) is 20.5 Å². The number of primary amides is 1. The highest BCUT2D eigenvalue weighted by Gasteiger charge is 2.17. The zero-order valence-corrected chi connectivity index (χ0v) is 14.4. The van der Waals surface area contributed by atoms with Crippen LogP contribution < -0.4 is 16.0 Å². The Morgan fingerprint density at radius 2 is 2.15 bits per heavy atom. The number of rotatable bonds is 4. The molecule has 0 saturated carbocycles. The smallest absolute Gasteiger partial charge is 0.248 e.